The summed E-state index contributed by atoms with van der Waals surface area (Å²) in [4.78, 5) is 33.9. The molecule has 0 saturated heterocycles. The fourth-order valence-electron chi connectivity index (χ4n) is 2.82. The lowest BCUT2D eigenvalue weighted by Crippen LogP contribution is -2.13. The summed E-state index contributed by atoms with van der Waals surface area (Å²) in [6.07, 6.45) is 1.33. The number of aromatic carboxylic acids is 1. The van der Waals surface area contributed by atoms with Crippen molar-refractivity contribution in [3.05, 3.63) is 88.0 Å². The molecular formula is C21H16N2O5. The molecule has 0 atom stereocenters. The van der Waals surface area contributed by atoms with E-state index in [9.17, 15) is 24.8 Å². The van der Waals surface area contributed by atoms with Crippen LogP contribution in [-0.2, 0) is 4.79 Å². The number of benzene rings is 3. The molecule has 7 nitrogen and oxygen atoms in total. The van der Waals surface area contributed by atoms with Crippen molar-refractivity contribution in [1.29, 1.82) is 0 Å². The summed E-state index contributed by atoms with van der Waals surface area (Å²) >= 11 is 0. The van der Waals surface area contributed by atoms with Crippen LogP contribution in [0.25, 0.3) is 16.3 Å². The molecule has 3 aromatic carbocycles. The average Bonchev–Trinajstić information content (AvgIpc) is 2.67. The standard InChI is InChI=1S/C21H16N2O5/c1-13(15-7-6-14-4-2-3-5-16(14)11-15)10-20(24)22-19-12-17(23(27)28)8-9-18(19)21(25)26/h2-12H,1H3,(H,22,24)(H,25,26). The fraction of sp³-hybridized carbons (Fsp3) is 0.0476. The molecule has 0 unspecified atom stereocenters. The Hall–Kier alpha value is -4.00. The van der Waals surface area contributed by atoms with Crippen LogP contribution in [0.2, 0.25) is 0 Å². The third-order valence-corrected chi connectivity index (χ3v) is 4.25. The Morgan fingerprint density at radius 1 is 1.04 bits per heavy atom. The number of carbonyl (C=O) groups is 2. The number of nitro groups is 1. The van der Waals surface area contributed by atoms with Gasteiger partial charge in [-0.3, -0.25) is 14.9 Å². The molecule has 0 aromatic heterocycles. The van der Waals surface area contributed by atoms with Crippen LogP contribution >= 0.6 is 0 Å². The number of non-ortho nitro benzene ring substituents is 1. The molecule has 140 valence electrons. The molecule has 0 radical (unpaired) electrons. The second kappa shape index (κ2) is 7.71. The maximum Gasteiger partial charge on any atom is 0.337 e. The van der Waals surface area contributed by atoms with Crippen LogP contribution in [0.1, 0.15) is 22.8 Å². The monoisotopic (exact) mass is 376 g/mol. The van der Waals surface area contributed by atoms with E-state index >= 15 is 0 Å². The van der Waals surface area contributed by atoms with Crippen molar-refractivity contribution >= 4 is 39.6 Å². The van der Waals surface area contributed by atoms with Crippen molar-refractivity contribution < 1.29 is 19.6 Å². The van der Waals surface area contributed by atoms with E-state index in [1.54, 1.807) is 6.92 Å². The van der Waals surface area contributed by atoms with E-state index in [2.05, 4.69) is 5.32 Å². The largest absolute Gasteiger partial charge is 0.478 e. The summed E-state index contributed by atoms with van der Waals surface area (Å²) < 4.78 is 0. The zero-order chi connectivity index (χ0) is 20.3. The molecule has 0 aliphatic rings. The van der Waals surface area contributed by atoms with Crippen LogP contribution in [-0.4, -0.2) is 21.9 Å². The van der Waals surface area contributed by atoms with E-state index < -0.39 is 16.8 Å². The van der Waals surface area contributed by atoms with Gasteiger partial charge in [0, 0.05) is 18.2 Å². The normalized spacial score (nSPS) is 11.2. The van der Waals surface area contributed by atoms with Crippen LogP contribution < -0.4 is 5.32 Å². The first-order chi connectivity index (χ1) is 13.3. The molecule has 0 bridgehead atoms. The van der Waals surface area contributed by atoms with Crippen molar-refractivity contribution in [3.63, 3.8) is 0 Å². The van der Waals surface area contributed by atoms with Gasteiger partial charge in [0.15, 0.2) is 0 Å². The number of hydrogen-bond donors (Lipinski definition) is 2. The van der Waals surface area contributed by atoms with E-state index in [0.717, 1.165) is 34.5 Å². The summed E-state index contributed by atoms with van der Waals surface area (Å²) in [5, 5.41) is 24.7. The number of nitrogens with one attached hydrogen (secondary N) is 1. The van der Waals surface area contributed by atoms with E-state index in [0.29, 0.717) is 5.57 Å². The summed E-state index contributed by atoms with van der Waals surface area (Å²) in [6.45, 7) is 1.76. The minimum absolute atomic E-state index is 0.130. The summed E-state index contributed by atoms with van der Waals surface area (Å²) in [6, 6.07) is 16.8. The van der Waals surface area contributed by atoms with E-state index in [-0.39, 0.29) is 16.9 Å². The summed E-state index contributed by atoms with van der Waals surface area (Å²) in [7, 11) is 0. The highest BCUT2D eigenvalue weighted by atomic mass is 16.6. The second-order valence-electron chi connectivity index (χ2n) is 6.17. The van der Waals surface area contributed by atoms with Crippen LogP contribution in [0, 0.1) is 10.1 Å². The number of nitro benzene ring substituents is 1. The quantitative estimate of drug-likeness (QED) is 0.387. The van der Waals surface area contributed by atoms with Crippen LogP contribution in [0.3, 0.4) is 0 Å². The lowest BCUT2D eigenvalue weighted by atomic mass is 10.0. The Labute approximate surface area is 160 Å². The predicted octanol–water partition coefficient (Wildman–Crippen LogP) is 4.49. The zero-order valence-electron chi connectivity index (χ0n) is 14.9. The van der Waals surface area contributed by atoms with E-state index in [4.69, 9.17) is 0 Å². The zero-order valence-corrected chi connectivity index (χ0v) is 14.9. The highest BCUT2D eigenvalue weighted by Crippen LogP contribution is 2.24. The number of hydrogen-bond acceptors (Lipinski definition) is 4. The minimum atomic E-state index is -1.29. The van der Waals surface area contributed by atoms with Crippen molar-refractivity contribution in [2.45, 2.75) is 6.92 Å². The third-order valence-electron chi connectivity index (χ3n) is 4.25. The SMILES string of the molecule is CC(=CC(=O)Nc1cc([N+](=O)[O-])ccc1C(=O)O)c1ccc2ccccc2c1. The average molecular weight is 376 g/mol. The smallest absolute Gasteiger partial charge is 0.337 e. The molecule has 0 saturated carbocycles. The molecule has 2 N–H and O–H groups in total. The number of fused-ring (bicyclic) bond motifs is 1. The van der Waals surface area contributed by atoms with Crippen molar-refractivity contribution in [2.75, 3.05) is 5.32 Å². The van der Waals surface area contributed by atoms with E-state index in [1.165, 1.54) is 6.08 Å². The Bertz CT molecular complexity index is 1130. The lowest BCUT2D eigenvalue weighted by molar-refractivity contribution is -0.384. The highest BCUT2D eigenvalue weighted by Gasteiger charge is 2.16. The first-order valence-corrected chi connectivity index (χ1v) is 8.35. The van der Waals surface area contributed by atoms with Gasteiger partial charge < -0.3 is 10.4 Å². The Kier molecular flexibility index (Phi) is 5.17. The van der Waals surface area contributed by atoms with Crippen molar-refractivity contribution in [2.24, 2.45) is 0 Å². The molecule has 28 heavy (non-hydrogen) atoms. The van der Waals surface area contributed by atoms with Gasteiger partial charge in [0.2, 0.25) is 5.91 Å². The predicted molar refractivity (Wildman–Crippen MR) is 106 cm³/mol. The summed E-state index contributed by atoms with van der Waals surface area (Å²) in [5.41, 5.74) is 0.845. The highest BCUT2D eigenvalue weighted by molar-refractivity contribution is 6.07. The molecule has 1 amide bonds. The number of carbonyl (C=O) groups excluding carboxylic acids is 1. The molecule has 0 aliphatic heterocycles. The summed E-state index contributed by atoms with van der Waals surface area (Å²) in [5.74, 6) is -1.87. The van der Waals surface area contributed by atoms with E-state index in [1.807, 2.05) is 42.5 Å². The number of carboxylic acids is 1. The van der Waals surface area contributed by atoms with Gasteiger partial charge in [-0.05, 0) is 41.0 Å². The number of anilines is 1. The van der Waals surface area contributed by atoms with Crippen LogP contribution in [0.15, 0.2) is 66.7 Å². The van der Waals surface area contributed by atoms with Gasteiger partial charge >= 0.3 is 5.97 Å². The number of carboxylic acid groups (broad SMARTS) is 1. The van der Waals surface area contributed by atoms with Gasteiger partial charge in [0.05, 0.1) is 16.2 Å². The molecule has 0 spiro atoms. The molecule has 3 rings (SSSR count). The Morgan fingerprint density at radius 2 is 1.75 bits per heavy atom. The fourth-order valence-corrected chi connectivity index (χ4v) is 2.82. The van der Waals surface area contributed by atoms with Crippen molar-refractivity contribution in [3.8, 4) is 0 Å². The lowest BCUT2D eigenvalue weighted by Gasteiger charge is -2.08. The molecular weight excluding hydrogens is 360 g/mol. The third kappa shape index (κ3) is 4.04. The van der Waals surface area contributed by atoms with Crippen molar-refractivity contribution in [1.82, 2.24) is 0 Å². The van der Waals surface area contributed by atoms with Gasteiger partial charge in [-0.2, -0.15) is 0 Å². The number of nitrogens with zero attached hydrogens (tertiary/aromatic N) is 1. The van der Waals surface area contributed by atoms with Gasteiger partial charge in [0.1, 0.15) is 0 Å². The Balaban J connectivity index is 1.88. The van der Waals surface area contributed by atoms with Gasteiger partial charge in [-0.15, -0.1) is 0 Å². The number of rotatable bonds is 5. The second-order valence-corrected chi connectivity index (χ2v) is 6.17. The maximum atomic E-state index is 12.4. The molecule has 0 aliphatic carbocycles. The maximum absolute atomic E-state index is 12.4. The number of amides is 1. The Morgan fingerprint density at radius 3 is 2.43 bits per heavy atom. The molecule has 3 aromatic rings. The molecule has 7 heteroatoms. The molecule has 0 heterocycles. The first kappa shape index (κ1) is 18.8. The topological polar surface area (TPSA) is 110 Å². The van der Waals surface area contributed by atoms with Gasteiger partial charge in [0.25, 0.3) is 5.69 Å². The first-order valence-electron chi connectivity index (χ1n) is 8.35. The minimum Gasteiger partial charge on any atom is -0.478 e. The van der Waals surface area contributed by atoms with Crippen LogP contribution in [0.5, 0.6) is 0 Å². The van der Waals surface area contributed by atoms with Gasteiger partial charge in [-0.25, -0.2) is 4.79 Å². The van der Waals surface area contributed by atoms with Crippen LogP contribution in [0.4, 0.5) is 11.4 Å². The van der Waals surface area contributed by atoms with Gasteiger partial charge in [-0.1, -0.05) is 36.4 Å². The number of allylic oxidation sites excluding steroid dienone is 1. The molecule has 0 fully saturated rings.